The summed E-state index contributed by atoms with van der Waals surface area (Å²) in [6.07, 6.45) is 3.81. The Labute approximate surface area is 203 Å². The fraction of sp³-hybridized carbons (Fsp3) is 0. The summed E-state index contributed by atoms with van der Waals surface area (Å²) in [4.78, 5) is 4.35. The molecular weight excluding hydrogens is 424 g/mol. The second kappa shape index (κ2) is 7.96. The van der Waals surface area contributed by atoms with Crippen LogP contribution in [0.3, 0.4) is 0 Å². The summed E-state index contributed by atoms with van der Waals surface area (Å²) in [5.74, 6) is 0. The fourth-order valence-corrected chi connectivity index (χ4v) is 5.16. The van der Waals surface area contributed by atoms with Gasteiger partial charge in [-0.2, -0.15) is 0 Å². The lowest BCUT2D eigenvalue weighted by molar-refractivity contribution is 1.18. The van der Waals surface area contributed by atoms with Gasteiger partial charge in [0.1, 0.15) is 0 Å². The summed E-state index contributed by atoms with van der Waals surface area (Å²) in [5, 5.41) is 4.84. The van der Waals surface area contributed by atoms with Crippen LogP contribution >= 0.6 is 0 Å². The van der Waals surface area contributed by atoms with E-state index in [4.69, 9.17) is 0 Å². The van der Waals surface area contributed by atoms with Crippen molar-refractivity contribution in [1.29, 1.82) is 0 Å². The van der Waals surface area contributed by atoms with Crippen molar-refractivity contribution in [2.24, 2.45) is 0 Å². The molecule has 2 aromatic heterocycles. The summed E-state index contributed by atoms with van der Waals surface area (Å²) in [7, 11) is 0. The third-order valence-corrected chi connectivity index (χ3v) is 6.82. The molecule has 2 heteroatoms. The standard InChI is InChI=1S/C33H22N2/c1-3-9-23(10-4-1)26-17-27(24-11-5-2-6-12-24)19-29(18-26)35-32-14-8-7-13-30(32)31-20-28-22-34-16-15-25(28)21-33(31)35/h1-22H. The van der Waals surface area contributed by atoms with Crippen LogP contribution in [0.15, 0.2) is 134 Å². The number of benzene rings is 5. The first kappa shape index (κ1) is 19.7. The molecule has 5 aromatic carbocycles. The molecule has 0 amide bonds. The molecular formula is C33H22N2. The molecule has 0 N–H and O–H groups in total. The molecule has 0 atom stereocenters. The van der Waals surface area contributed by atoms with Crippen LogP contribution in [0, 0.1) is 0 Å². The molecule has 0 spiro atoms. The normalized spacial score (nSPS) is 11.4. The predicted molar refractivity (Wildman–Crippen MR) is 147 cm³/mol. The average Bonchev–Trinajstić information content (AvgIpc) is 3.26. The van der Waals surface area contributed by atoms with Gasteiger partial charge in [-0.05, 0) is 70.1 Å². The Morgan fingerprint density at radius 2 is 1.11 bits per heavy atom. The summed E-state index contributed by atoms with van der Waals surface area (Å²) < 4.78 is 2.41. The predicted octanol–water partition coefficient (Wildman–Crippen LogP) is 8.67. The maximum Gasteiger partial charge on any atom is 0.0547 e. The smallest absolute Gasteiger partial charge is 0.0547 e. The molecule has 2 nitrogen and oxygen atoms in total. The Balaban J connectivity index is 1.59. The van der Waals surface area contributed by atoms with E-state index < -0.39 is 0 Å². The van der Waals surface area contributed by atoms with Gasteiger partial charge in [-0.15, -0.1) is 0 Å². The van der Waals surface area contributed by atoms with Crippen LogP contribution in [0.25, 0.3) is 60.5 Å². The van der Waals surface area contributed by atoms with Crippen LogP contribution in [0.1, 0.15) is 0 Å². The lowest BCUT2D eigenvalue weighted by atomic mass is 9.98. The Bertz CT molecular complexity index is 1770. The largest absolute Gasteiger partial charge is 0.309 e. The molecule has 0 fully saturated rings. The van der Waals surface area contributed by atoms with Gasteiger partial charge in [0.25, 0.3) is 0 Å². The van der Waals surface area contributed by atoms with Gasteiger partial charge in [-0.1, -0.05) is 78.9 Å². The number of fused-ring (bicyclic) bond motifs is 4. The quantitative estimate of drug-likeness (QED) is 0.265. The first-order valence-corrected chi connectivity index (χ1v) is 11.9. The van der Waals surface area contributed by atoms with E-state index >= 15 is 0 Å². The number of hydrogen-bond acceptors (Lipinski definition) is 1. The maximum absolute atomic E-state index is 4.35. The molecule has 35 heavy (non-hydrogen) atoms. The zero-order valence-corrected chi connectivity index (χ0v) is 19.1. The molecule has 2 heterocycles. The lowest BCUT2D eigenvalue weighted by Gasteiger charge is -2.14. The number of para-hydroxylation sites is 1. The Morgan fingerprint density at radius 1 is 0.457 bits per heavy atom. The minimum absolute atomic E-state index is 1.16. The van der Waals surface area contributed by atoms with E-state index in [1.54, 1.807) is 0 Å². The zero-order chi connectivity index (χ0) is 23.2. The summed E-state index contributed by atoms with van der Waals surface area (Å²) in [6.45, 7) is 0. The highest BCUT2D eigenvalue weighted by Gasteiger charge is 2.15. The number of aromatic nitrogens is 2. The second-order valence-corrected chi connectivity index (χ2v) is 8.95. The SMILES string of the molecule is c1ccc(-c2cc(-c3ccccc3)cc(-n3c4ccccc4c4cc5cnccc5cc43)c2)cc1. The van der Waals surface area contributed by atoms with Crippen molar-refractivity contribution < 1.29 is 0 Å². The van der Waals surface area contributed by atoms with Crippen molar-refractivity contribution in [2.75, 3.05) is 0 Å². The molecule has 0 unspecified atom stereocenters. The lowest BCUT2D eigenvalue weighted by Crippen LogP contribution is -1.96. The van der Waals surface area contributed by atoms with E-state index in [-0.39, 0.29) is 0 Å². The summed E-state index contributed by atoms with van der Waals surface area (Å²) >= 11 is 0. The molecule has 164 valence electrons. The summed E-state index contributed by atoms with van der Waals surface area (Å²) in [5.41, 5.74) is 8.40. The monoisotopic (exact) mass is 446 g/mol. The van der Waals surface area contributed by atoms with Crippen LogP contribution in [0.2, 0.25) is 0 Å². The molecule has 0 aliphatic heterocycles. The van der Waals surface area contributed by atoms with Crippen molar-refractivity contribution in [3.8, 4) is 27.9 Å². The summed E-state index contributed by atoms with van der Waals surface area (Å²) in [6, 6.07) is 43.5. The van der Waals surface area contributed by atoms with Gasteiger partial charge in [0, 0.05) is 34.2 Å². The van der Waals surface area contributed by atoms with Crippen LogP contribution in [-0.4, -0.2) is 9.55 Å². The van der Waals surface area contributed by atoms with Crippen molar-refractivity contribution >= 4 is 32.6 Å². The molecule has 0 bridgehead atoms. The Morgan fingerprint density at radius 3 is 1.83 bits per heavy atom. The van der Waals surface area contributed by atoms with Gasteiger partial charge >= 0.3 is 0 Å². The van der Waals surface area contributed by atoms with Crippen molar-refractivity contribution in [2.45, 2.75) is 0 Å². The van der Waals surface area contributed by atoms with E-state index in [0.29, 0.717) is 0 Å². The van der Waals surface area contributed by atoms with E-state index in [1.165, 1.54) is 49.4 Å². The minimum atomic E-state index is 1.16. The first-order chi connectivity index (χ1) is 17.3. The van der Waals surface area contributed by atoms with E-state index in [1.807, 2.05) is 12.4 Å². The molecule has 7 aromatic rings. The fourth-order valence-electron chi connectivity index (χ4n) is 5.16. The maximum atomic E-state index is 4.35. The minimum Gasteiger partial charge on any atom is -0.309 e. The van der Waals surface area contributed by atoms with E-state index in [2.05, 4.69) is 131 Å². The highest BCUT2D eigenvalue weighted by molar-refractivity contribution is 6.13. The number of nitrogens with zero attached hydrogens (tertiary/aromatic N) is 2. The first-order valence-electron chi connectivity index (χ1n) is 11.9. The van der Waals surface area contributed by atoms with Gasteiger partial charge in [0.2, 0.25) is 0 Å². The van der Waals surface area contributed by atoms with Crippen molar-refractivity contribution in [3.05, 3.63) is 134 Å². The van der Waals surface area contributed by atoms with Crippen LogP contribution in [0.5, 0.6) is 0 Å². The third-order valence-electron chi connectivity index (χ3n) is 6.82. The van der Waals surface area contributed by atoms with Crippen molar-refractivity contribution in [3.63, 3.8) is 0 Å². The molecule has 0 radical (unpaired) electrons. The molecule has 0 saturated heterocycles. The van der Waals surface area contributed by atoms with Gasteiger partial charge < -0.3 is 4.57 Å². The van der Waals surface area contributed by atoms with Gasteiger partial charge in [0.15, 0.2) is 0 Å². The van der Waals surface area contributed by atoms with Crippen LogP contribution in [-0.2, 0) is 0 Å². The van der Waals surface area contributed by atoms with Crippen LogP contribution in [0.4, 0.5) is 0 Å². The van der Waals surface area contributed by atoms with E-state index in [0.717, 1.165) is 11.1 Å². The van der Waals surface area contributed by atoms with Crippen LogP contribution < -0.4 is 0 Å². The van der Waals surface area contributed by atoms with E-state index in [9.17, 15) is 0 Å². The molecule has 0 saturated carbocycles. The Kier molecular flexibility index (Phi) is 4.49. The highest BCUT2D eigenvalue weighted by Crippen LogP contribution is 2.37. The molecule has 7 rings (SSSR count). The number of rotatable bonds is 3. The number of hydrogen-bond donors (Lipinski definition) is 0. The zero-order valence-electron chi connectivity index (χ0n) is 19.1. The molecule has 0 aliphatic carbocycles. The van der Waals surface area contributed by atoms with Gasteiger partial charge in [-0.25, -0.2) is 0 Å². The second-order valence-electron chi connectivity index (χ2n) is 8.95. The topological polar surface area (TPSA) is 17.8 Å². The van der Waals surface area contributed by atoms with Gasteiger partial charge in [0.05, 0.1) is 11.0 Å². The average molecular weight is 447 g/mol. The van der Waals surface area contributed by atoms with Crippen molar-refractivity contribution in [1.82, 2.24) is 9.55 Å². The Hall–Kier alpha value is -4.69. The highest BCUT2D eigenvalue weighted by atomic mass is 15.0. The third kappa shape index (κ3) is 3.31. The number of pyridine rings is 1. The van der Waals surface area contributed by atoms with Gasteiger partial charge in [-0.3, -0.25) is 4.98 Å². The molecule has 0 aliphatic rings.